The second-order valence-electron chi connectivity index (χ2n) is 6.43. The number of ether oxygens (including phenoxy) is 3. The molecule has 1 fully saturated rings. The summed E-state index contributed by atoms with van der Waals surface area (Å²) in [4.78, 5) is 14.3. The van der Waals surface area contributed by atoms with Gasteiger partial charge in [0, 0.05) is 13.0 Å². The Kier molecular flexibility index (Phi) is 6.75. The molecule has 1 amide bonds. The summed E-state index contributed by atoms with van der Waals surface area (Å²) >= 11 is 0. The molecule has 0 aliphatic carbocycles. The van der Waals surface area contributed by atoms with Crippen LogP contribution in [0.2, 0.25) is 0 Å². The van der Waals surface area contributed by atoms with Crippen LogP contribution in [0.5, 0.6) is 11.5 Å². The van der Waals surface area contributed by atoms with Gasteiger partial charge in [-0.25, -0.2) is 0 Å². The standard InChI is InChI=1S/C18H24F3NO4/c1-12-10-25-13(2)9-22(12)17(23)7-5-14-4-6-15(16(8-14)24-3)26-11-18(19,20)21/h4,6,8,12-13H,5,7,9-11H2,1-3H3/t12-,13+/m0/s1. The van der Waals surface area contributed by atoms with Crippen molar-refractivity contribution in [2.75, 3.05) is 26.9 Å². The van der Waals surface area contributed by atoms with E-state index in [0.29, 0.717) is 26.0 Å². The molecule has 5 nitrogen and oxygen atoms in total. The van der Waals surface area contributed by atoms with E-state index in [1.54, 1.807) is 12.1 Å². The van der Waals surface area contributed by atoms with Gasteiger partial charge in [0.05, 0.1) is 25.9 Å². The fourth-order valence-corrected chi connectivity index (χ4v) is 2.79. The van der Waals surface area contributed by atoms with E-state index in [0.717, 1.165) is 5.56 Å². The molecule has 1 aromatic carbocycles. The number of hydrogen-bond donors (Lipinski definition) is 0. The summed E-state index contributed by atoms with van der Waals surface area (Å²) in [6.45, 7) is 3.57. The molecule has 146 valence electrons. The van der Waals surface area contributed by atoms with Crippen LogP contribution in [-0.2, 0) is 16.0 Å². The highest BCUT2D eigenvalue weighted by Crippen LogP contribution is 2.30. The third-order valence-corrected chi connectivity index (χ3v) is 4.18. The van der Waals surface area contributed by atoms with E-state index in [-0.39, 0.29) is 29.6 Å². The first kappa shape index (κ1) is 20.4. The minimum Gasteiger partial charge on any atom is -0.493 e. The summed E-state index contributed by atoms with van der Waals surface area (Å²) in [7, 11) is 1.36. The number of alkyl halides is 3. The lowest BCUT2D eigenvalue weighted by molar-refractivity contribution is -0.153. The fourth-order valence-electron chi connectivity index (χ4n) is 2.79. The molecule has 26 heavy (non-hydrogen) atoms. The highest BCUT2D eigenvalue weighted by Gasteiger charge is 2.29. The predicted molar refractivity (Wildman–Crippen MR) is 89.5 cm³/mol. The molecule has 0 N–H and O–H groups in total. The number of nitrogens with zero attached hydrogens (tertiary/aromatic N) is 1. The largest absolute Gasteiger partial charge is 0.493 e. The Labute approximate surface area is 151 Å². The Hall–Kier alpha value is -1.96. The minimum absolute atomic E-state index is 0.0142. The van der Waals surface area contributed by atoms with E-state index in [2.05, 4.69) is 0 Å². The molecule has 0 unspecified atom stereocenters. The molecule has 0 saturated carbocycles. The number of hydrogen-bond acceptors (Lipinski definition) is 4. The van der Waals surface area contributed by atoms with Gasteiger partial charge in [0.2, 0.25) is 5.91 Å². The van der Waals surface area contributed by atoms with Crippen LogP contribution >= 0.6 is 0 Å². The molecule has 1 saturated heterocycles. The van der Waals surface area contributed by atoms with Gasteiger partial charge in [0.25, 0.3) is 0 Å². The number of carbonyl (C=O) groups is 1. The molecule has 1 aliphatic rings. The van der Waals surface area contributed by atoms with Crippen molar-refractivity contribution in [3.8, 4) is 11.5 Å². The maximum absolute atomic E-state index is 12.5. The lowest BCUT2D eigenvalue weighted by Gasteiger charge is -2.37. The van der Waals surface area contributed by atoms with Gasteiger partial charge >= 0.3 is 6.18 Å². The monoisotopic (exact) mass is 375 g/mol. The molecule has 0 spiro atoms. The molecule has 2 rings (SSSR count). The second-order valence-corrected chi connectivity index (χ2v) is 6.43. The van der Waals surface area contributed by atoms with E-state index in [4.69, 9.17) is 14.2 Å². The molecular formula is C18H24F3NO4. The molecule has 2 atom stereocenters. The second kappa shape index (κ2) is 8.62. The van der Waals surface area contributed by atoms with Gasteiger partial charge in [0.15, 0.2) is 18.1 Å². The van der Waals surface area contributed by atoms with Crippen LogP contribution in [-0.4, -0.2) is 56.0 Å². The summed E-state index contributed by atoms with van der Waals surface area (Å²) in [5, 5.41) is 0. The van der Waals surface area contributed by atoms with Gasteiger partial charge in [-0.2, -0.15) is 13.2 Å². The highest BCUT2D eigenvalue weighted by atomic mass is 19.4. The van der Waals surface area contributed by atoms with Crippen LogP contribution in [0.3, 0.4) is 0 Å². The first-order valence-electron chi connectivity index (χ1n) is 8.47. The van der Waals surface area contributed by atoms with Crippen molar-refractivity contribution >= 4 is 5.91 Å². The number of carbonyl (C=O) groups excluding carboxylic acids is 1. The number of benzene rings is 1. The minimum atomic E-state index is -4.41. The van der Waals surface area contributed by atoms with E-state index >= 15 is 0 Å². The number of amides is 1. The molecule has 1 heterocycles. The van der Waals surface area contributed by atoms with Crippen molar-refractivity contribution in [2.45, 2.75) is 45.0 Å². The van der Waals surface area contributed by atoms with Gasteiger partial charge < -0.3 is 19.1 Å². The molecular weight excluding hydrogens is 351 g/mol. The molecule has 0 bridgehead atoms. The van der Waals surface area contributed by atoms with Crippen LogP contribution in [0.1, 0.15) is 25.8 Å². The van der Waals surface area contributed by atoms with Gasteiger partial charge in [-0.15, -0.1) is 0 Å². The lowest BCUT2D eigenvalue weighted by Crippen LogP contribution is -2.50. The average Bonchev–Trinajstić information content (AvgIpc) is 2.59. The number of aryl methyl sites for hydroxylation is 1. The SMILES string of the molecule is COc1cc(CCC(=O)N2C[C@@H](C)OC[C@@H]2C)ccc1OCC(F)(F)F. The van der Waals surface area contributed by atoms with Gasteiger partial charge in [-0.3, -0.25) is 4.79 Å². The topological polar surface area (TPSA) is 48.0 Å². The Morgan fingerprint density at radius 3 is 2.69 bits per heavy atom. The lowest BCUT2D eigenvalue weighted by atomic mass is 10.1. The number of morpholine rings is 1. The van der Waals surface area contributed by atoms with Crippen molar-refractivity contribution in [2.24, 2.45) is 0 Å². The van der Waals surface area contributed by atoms with Crippen molar-refractivity contribution in [3.05, 3.63) is 23.8 Å². The fraction of sp³-hybridized carbons (Fsp3) is 0.611. The van der Waals surface area contributed by atoms with Crippen molar-refractivity contribution in [1.82, 2.24) is 4.90 Å². The number of halogens is 3. The van der Waals surface area contributed by atoms with Crippen LogP contribution in [0.15, 0.2) is 18.2 Å². The maximum Gasteiger partial charge on any atom is 0.422 e. The van der Waals surface area contributed by atoms with E-state index in [1.807, 2.05) is 18.7 Å². The van der Waals surface area contributed by atoms with E-state index < -0.39 is 12.8 Å². The Morgan fingerprint density at radius 2 is 2.04 bits per heavy atom. The zero-order valence-electron chi connectivity index (χ0n) is 15.1. The van der Waals surface area contributed by atoms with Crippen LogP contribution in [0, 0.1) is 0 Å². The van der Waals surface area contributed by atoms with Gasteiger partial charge in [-0.05, 0) is 38.0 Å². The molecule has 0 radical (unpaired) electrons. The van der Waals surface area contributed by atoms with E-state index in [9.17, 15) is 18.0 Å². The average molecular weight is 375 g/mol. The van der Waals surface area contributed by atoms with Gasteiger partial charge in [0.1, 0.15) is 0 Å². The molecule has 8 heteroatoms. The van der Waals surface area contributed by atoms with Crippen molar-refractivity contribution in [3.63, 3.8) is 0 Å². The zero-order chi connectivity index (χ0) is 19.3. The summed E-state index contributed by atoms with van der Waals surface area (Å²) in [6.07, 6.45) is -3.63. The van der Waals surface area contributed by atoms with Crippen LogP contribution in [0.4, 0.5) is 13.2 Å². The van der Waals surface area contributed by atoms with Crippen molar-refractivity contribution in [1.29, 1.82) is 0 Å². The van der Waals surface area contributed by atoms with Gasteiger partial charge in [-0.1, -0.05) is 6.07 Å². The third kappa shape index (κ3) is 5.79. The summed E-state index contributed by atoms with van der Waals surface area (Å²) in [6, 6.07) is 4.72. The quantitative estimate of drug-likeness (QED) is 0.766. The summed E-state index contributed by atoms with van der Waals surface area (Å²) in [5.74, 6) is 0.270. The van der Waals surface area contributed by atoms with E-state index in [1.165, 1.54) is 13.2 Å². The molecule has 0 aromatic heterocycles. The maximum atomic E-state index is 12.5. The summed E-state index contributed by atoms with van der Waals surface area (Å²) in [5.41, 5.74) is 0.795. The third-order valence-electron chi connectivity index (χ3n) is 4.18. The van der Waals surface area contributed by atoms with Crippen molar-refractivity contribution < 1.29 is 32.2 Å². The highest BCUT2D eigenvalue weighted by molar-refractivity contribution is 5.77. The Morgan fingerprint density at radius 1 is 1.31 bits per heavy atom. The molecule has 1 aliphatic heterocycles. The number of rotatable bonds is 6. The first-order valence-corrected chi connectivity index (χ1v) is 8.47. The first-order chi connectivity index (χ1) is 12.2. The zero-order valence-corrected chi connectivity index (χ0v) is 15.1. The number of methoxy groups -OCH3 is 1. The Bertz CT molecular complexity index is 621. The smallest absolute Gasteiger partial charge is 0.422 e. The molecule has 1 aromatic rings. The summed E-state index contributed by atoms with van der Waals surface area (Å²) < 4.78 is 52.2. The Balaban J connectivity index is 1.95. The van der Waals surface area contributed by atoms with Crippen LogP contribution in [0.25, 0.3) is 0 Å². The normalized spacial score (nSPS) is 20.8. The van der Waals surface area contributed by atoms with Crippen LogP contribution < -0.4 is 9.47 Å². The predicted octanol–water partition coefficient (Wildman–Crippen LogP) is 3.20.